The molecule has 0 aromatic heterocycles. The summed E-state index contributed by atoms with van der Waals surface area (Å²) in [7, 11) is 0. The van der Waals surface area contributed by atoms with Crippen LogP contribution in [0.1, 0.15) is 28.4 Å². The van der Waals surface area contributed by atoms with Crippen LogP contribution in [0, 0.1) is 5.92 Å². The summed E-state index contributed by atoms with van der Waals surface area (Å²) in [6.07, 6.45) is -4.66. The number of alkyl halides is 3. The molecule has 8 heteroatoms. The van der Waals surface area contributed by atoms with Gasteiger partial charge in [0.15, 0.2) is 0 Å². The molecule has 0 heterocycles. The molecule has 0 aliphatic rings. The van der Waals surface area contributed by atoms with Crippen molar-refractivity contribution in [1.29, 1.82) is 0 Å². The fraction of sp³-hybridized carbons (Fsp3) is 0.222. The molecule has 0 bridgehead atoms. The first-order valence-electron chi connectivity index (χ1n) is 7.58. The highest BCUT2D eigenvalue weighted by Gasteiger charge is 2.33. The van der Waals surface area contributed by atoms with E-state index in [1.54, 1.807) is 0 Å². The van der Waals surface area contributed by atoms with E-state index in [9.17, 15) is 22.8 Å². The summed E-state index contributed by atoms with van der Waals surface area (Å²) < 4.78 is 39.1. The molecule has 2 aromatic carbocycles. The molecule has 26 heavy (non-hydrogen) atoms. The van der Waals surface area contributed by atoms with Crippen LogP contribution in [0.5, 0.6) is 0 Å². The molecule has 2 N–H and O–H groups in total. The van der Waals surface area contributed by atoms with Gasteiger partial charge in [-0.1, -0.05) is 36.7 Å². The van der Waals surface area contributed by atoms with E-state index < -0.39 is 29.5 Å². The quantitative estimate of drug-likeness (QED) is 0.771. The van der Waals surface area contributed by atoms with Crippen molar-refractivity contribution < 1.29 is 27.9 Å². The molecule has 0 saturated carbocycles. The highest BCUT2D eigenvalue weighted by molar-refractivity contribution is 6.31. The molecule has 0 fully saturated rings. The molecule has 2 aromatic rings. The van der Waals surface area contributed by atoms with Gasteiger partial charge in [0.05, 0.1) is 16.8 Å². The Labute approximate surface area is 152 Å². The summed E-state index contributed by atoms with van der Waals surface area (Å²) in [5, 5.41) is 11.8. The third-order valence-electron chi connectivity index (χ3n) is 3.77. The summed E-state index contributed by atoms with van der Waals surface area (Å²) in [5.41, 5.74) is -0.966. The van der Waals surface area contributed by atoms with Crippen molar-refractivity contribution >= 4 is 29.2 Å². The normalized spacial score (nSPS) is 12.5. The zero-order valence-corrected chi connectivity index (χ0v) is 14.4. The number of carbonyl (C=O) groups is 2. The Hall–Kier alpha value is -2.54. The first-order valence-corrected chi connectivity index (χ1v) is 7.96. The first-order chi connectivity index (χ1) is 12.1. The van der Waals surface area contributed by atoms with Crippen LogP contribution in [0.2, 0.25) is 5.02 Å². The van der Waals surface area contributed by atoms with Crippen LogP contribution in [0.25, 0.3) is 0 Å². The van der Waals surface area contributed by atoms with Gasteiger partial charge in [-0.3, -0.25) is 4.79 Å². The van der Waals surface area contributed by atoms with E-state index in [0.717, 1.165) is 6.07 Å². The van der Waals surface area contributed by atoms with Crippen molar-refractivity contribution in [3.05, 3.63) is 64.2 Å². The Morgan fingerprint density at radius 1 is 1.19 bits per heavy atom. The Kier molecular flexibility index (Phi) is 5.92. The molecule has 0 spiro atoms. The molecule has 1 amide bonds. The molecular formula is C18H15ClF3NO3. The van der Waals surface area contributed by atoms with Crippen molar-refractivity contribution in [2.45, 2.75) is 19.5 Å². The number of carboxylic acids is 1. The van der Waals surface area contributed by atoms with Crippen molar-refractivity contribution in [2.24, 2.45) is 5.92 Å². The van der Waals surface area contributed by atoms with Gasteiger partial charge in [-0.05, 0) is 36.2 Å². The minimum atomic E-state index is -4.51. The average Bonchev–Trinajstić information content (AvgIpc) is 2.55. The summed E-state index contributed by atoms with van der Waals surface area (Å²) in [5.74, 6) is -2.68. The first kappa shape index (κ1) is 19.8. The van der Waals surface area contributed by atoms with Crippen molar-refractivity contribution in [3.8, 4) is 0 Å². The van der Waals surface area contributed by atoms with Gasteiger partial charge in [0.1, 0.15) is 0 Å². The number of carboxylic acid groups (broad SMARTS) is 1. The average molecular weight is 386 g/mol. The number of nitrogens with one attached hydrogen (secondary N) is 1. The maximum absolute atomic E-state index is 13.0. The third-order valence-corrected chi connectivity index (χ3v) is 4.00. The number of aromatic carboxylic acids is 1. The van der Waals surface area contributed by atoms with Crippen molar-refractivity contribution in [1.82, 2.24) is 0 Å². The summed E-state index contributed by atoms with van der Waals surface area (Å²) >= 11 is 5.74. The second-order valence-corrected chi connectivity index (χ2v) is 6.18. The van der Waals surface area contributed by atoms with Gasteiger partial charge in [-0.25, -0.2) is 4.79 Å². The smallest absolute Gasteiger partial charge is 0.416 e. The standard InChI is InChI=1S/C18H15ClF3NO3/c1-10(8-11-4-2-3-5-14(11)18(20,21)22)16(24)23-15-7-6-12(19)9-13(15)17(25)26/h2-7,9-10H,8H2,1H3,(H,23,24)(H,25,26). The number of carbonyl (C=O) groups excluding carboxylic acids is 1. The SMILES string of the molecule is CC(Cc1ccccc1C(F)(F)F)C(=O)Nc1ccc(Cl)cc1C(=O)O. The van der Waals surface area contributed by atoms with Gasteiger partial charge in [-0.15, -0.1) is 0 Å². The van der Waals surface area contributed by atoms with Crippen LogP contribution in [-0.4, -0.2) is 17.0 Å². The fourth-order valence-electron chi connectivity index (χ4n) is 2.46. The van der Waals surface area contributed by atoms with Gasteiger partial charge in [0.25, 0.3) is 0 Å². The lowest BCUT2D eigenvalue weighted by Gasteiger charge is -2.17. The van der Waals surface area contributed by atoms with E-state index >= 15 is 0 Å². The second kappa shape index (κ2) is 7.78. The summed E-state index contributed by atoms with van der Waals surface area (Å²) in [6, 6.07) is 8.95. The van der Waals surface area contributed by atoms with E-state index in [0.29, 0.717) is 0 Å². The lowest BCUT2D eigenvalue weighted by Crippen LogP contribution is -2.24. The largest absolute Gasteiger partial charge is 0.478 e. The van der Waals surface area contributed by atoms with Gasteiger partial charge in [0, 0.05) is 10.9 Å². The predicted octanol–water partition coefficient (Wildman–Crippen LogP) is 4.87. The minimum Gasteiger partial charge on any atom is -0.478 e. The summed E-state index contributed by atoms with van der Waals surface area (Å²) in [6.45, 7) is 1.47. The molecule has 0 aliphatic heterocycles. The monoisotopic (exact) mass is 385 g/mol. The van der Waals surface area contributed by atoms with E-state index in [1.807, 2.05) is 0 Å². The van der Waals surface area contributed by atoms with Crippen LogP contribution >= 0.6 is 11.6 Å². The highest BCUT2D eigenvalue weighted by Crippen LogP contribution is 2.33. The van der Waals surface area contributed by atoms with Gasteiger partial charge in [0.2, 0.25) is 5.91 Å². The molecule has 1 atom stereocenters. The molecule has 0 aliphatic carbocycles. The van der Waals surface area contributed by atoms with E-state index in [2.05, 4.69) is 5.32 Å². The number of amides is 1. The van der Waals surface area contributed by atoms with Gasteiger partial charge >= 0.3 is 12.1 Å². The maximum Gasteiger partial charge on any atom is 0.416 e. The molecular weight excluding hydrogens is 371 g/mol. The topological polar surface area (TPSA) is 66.4 Å². The summed E-state index contributed by atoms with van der Waals surface area (Å²) in [4.78, 5) is 23.6. The number of rotatable bonds is 5. The fourth-order valence-corrected chi connectivity index (χ4v) is 2.63. The molecule has 0 saturated heterocycles. The Morgan fingerprint density at radius 3 is 2.46 bits per heavy atom. The van der Waals surface area contributed by atoms with E-state index in [1.165, 1.54) is 43.3 Å². The number of hydrogen-bond donors (Lipinski definition) is 2. The Balaban J connectivity index is 2.19. The highest BCUT2D eigenvalue weighted by atomic mass is 35.5. The van der Waals surface area contributed by atoms with Crippen LogP contribution in [0.15, 0.2) is 42.5 Å². The predicted molar refractivity (Wildman–Crippen MR) is 91.4 cm³/mol. The molecule has 2 rings (SSSR count). The number of hydrogen-bond acceptors (Lipinski definition) is 2. The van der Waals surface area contributed by atoms with Gasteiger partial charge < -0.3 is 10.4 Å². The lowest BCUT2D eigenvalue weighted by molar-refractivity contribution is -0.138. The van der Waals surface area contributed by atoms with Crippen molar-refractivity contribution in [2.75, 3.05) is 5.32 Å². The van der Waals surface area contributed by atoms with E-state index in [-0.39, 0.29) is 28.3 Å². The van der Waals surface area contributed by atoms with Crippen LogP contribution < -0.4 is 5.32 Å². The molecule has 4 nitrogen and oxygen atoms in total. The Morgan fingerprint density at radius 2 is 1.85 bits per heavy atom. The molecule has 138 valence electrons. The molecule has 1 unspecified atom stereocenters. The minimum absolute atomic E-state index is 0.00258. The number of anilines is 1. The maximum atomic E-state index is 13.0. The third kappa shape index (κ3) is 4.76. The molecule has 0 radical (unpaired) electrons. The zero-order chi connectivity index (χ0) is 19.5. The number of halogens is 4. The van der Waals surface area contributed by atoms with Gasteiger partial charge in [-0.2, -0.15) is 13.2 Å². The van der Waals surface area contributed by atoms with Crippen LogP contribution in [0.3, 0.4) is 0 Å². The zero-order valence-electron chi connectivity index (χ0n) is 13.6. The second-order valence-electron chi connectivity index (χ2n) is 5.74. The lowest BCUT2D eigenvalue weighted by atomic mass is 9.95. The van der Waals surface area contributed by atoms with Crippen LogP contribution in [-0.2, 0) is 17.4 Å². The van der Waals surface area contributed by atoms with E-state index in [4.69, 9.17) is 16.7 Å². The number of benzene rings is 2. The Bertz CT molecular complexity index is 837. The van der Waals surface area contributed by atoms with Crippen molar-refractivity contribution in [3.63, 3.8) is 0 Å². The van der Waals surface area contributed by atoms with Crippen LogP contribution in [0.4, 0.5) is 18.9 Å².